The Morgan fingerprint density at radius 1 is 1.06 bits per heavy atom. The maximum Gasteiger partial charge on any atom is 0.249 e. The molecule has 0 spiro atoms. The monoisotopic (exact) mass is 223 g/mol. The molecule has 0 bridgehead atoms. The predicted octanol–water partition coefficient (Wildman–Crippen LogP) is 1.01. The van der Waals surface area contributed by atoms with E-state index in [9.17, 15) is 9.59 Å². The van der Waals surface area contributed by atoms with Gasteiger partial charge >= 0.3 is 0 Å². The van der Waals surface area contributed by atoms with Crippen LogP contribution in [0.1, 0.15) is 27.6 Å². The third-order valence-electron chi connectivity index (χ3n) is 2.17. The van der Waals surface area contributed by atoms with Crippen molar-refractivity contribution in [3.63, 3.8) is 0 Å². The van der Waals surface area contributed by atoms with Crippen LogP contribution in [0.2, 0.25) is 0 Å². The number of benzene rings is 1. The van der Waals surface area contributed by atoms with Crippen LogP contribution in [0.25, 0.3) is 0 Å². The van der Waals surface area contributed by atoms with Gasteiger partial charge in [-0.3, -0.25) is 9.59 Å². The maximum atomic E-state index is 11.3. The molecule has 0 aliphatic heterocycles. The first-order valence-corrected chi connectivity index (χ1v) is 4.58. The molecule has 5 heteroatoms. The molecule has 86 valence electrons. The van der Waals surface area contributed by atoms with Crippen LogP contribution in [0.15, 0.2) is 12.1 Å². The van der Waals surface area contributed by atoms with Gasteiger partial charge in [0.1, 0.15) is 0 Å². The Morgan fingerprint density at radius 3 is 1.81 bits per heavy atom. The van der Waals surface area contributed by atoms with E-state index in [4.69, 9.17) is 15.2 Å². The zero-order valence-electron chi connectivity index (χ0n) is 9.37. The van der Waals surface area contributed by atoms with Crippen molar-refractivity contribution in [2.75, 3.05) is 14.2 Å². The SMILES string of the molecule is COc1cc(C(C)=O)c(C(N)=O)cc1OC. The number of rotatable bonds is 4. The molecule has 0 unspecified atom stereocenters. The van der Waals surface area contributed by atoms with Gasteiger partial charge in [-0.1, -0.05) is 0 Å². The lowest BCUT2D eigenvalue weighted by Gasteiger charge is -2.11. The van der Waals surface area contributed by atoms with E-state index in [-0.39, 0.29) is 16.9 Å². The first-order chi connectivity index (χ1) is 7.51. The zero-order valence-corrected chi connectivity index (χ0v) is 9.37. The second-order valence-corrected chi connectivity index (χ2v) is 3.17. The Hall–Kier alpha value is -2.04. The van der Waals surface area contributed by atoms with Gasteiger partial charge in [0.05, 0.1) is 19.8 Å². The van der Waals surface area contributed by atoms with Crippen LogP contribution in [-0.4, -0.2) is 25.9 Å². The van der Waals surface area contributed by atoms with Crippen LogP contribution in [0.4, 0.5) is 0 Å². The van der Waals surface area contributed by atoms with Gasteiger partial charge in [0.25, 0.3) is 0 Å². The number of Topliss-reactive ketones (excluding diaryl/α,β-unsaturated/α-hetero) is 1. The molecule has 0 atom stereocenters. The summed E-state index contributed by atoms with van der Waals surface area (Å²) >= 11 is 0. The Balaban J connectivity index is 3.47. The van der Waals surface area contributed by atoms with E-state index in [0.29, 0.717) is 11.5 Å². The maximum absolute atomic E-state index is 11.3. The lowest BCUT2D eigenvalue weighted by Crippen LogP contribution is -2.16. The van der Waals surface area contributed by atoms with Gasteiger partial charge in [-0.25, -0.2) is 0 Å². The average molecular weight is 223 g/mol. The van der Waals surface area contributed by atoms with Crippen molar-refractivity contribution in [1.82, 2.24) is 0 Å². The number of ketones is 1. The van der Waals surface area contributed by atoms with Gasteiger partial charge < -0.3 is 15.2 Å². The zero-order chi connectivity index (χ0) is 12.3. The second-order valence-electron chi connectivity index (χ2n) is 3.17. The number of amides is 1. The van der Waals surface area contributed by atoms with Crippen LogP contribution in [0, 0.1) is 0 Å². The summed E-state index contributed by atoms with van der Waals surface area (Å²) in [5.74, 6) is -0.181. The minimum Gasteiger partial charge on any atom is -0.493 e. The van der Waals surface area contributed by atoms with Gasteiger partial charge in [-0.2, -0.15) is 0 Å². The van der Waals surface area contributed by atoms with Crippen molar-refractivity contribution in [3.05, 3.63) is 23.3 Å². The molecule has 16 heavy (non-hydrogen) atoms. The molecule has 1 amide bonds. The summed E-state index contributed by atoms with van der Waals surface area (Å²) in [5, 5.41) is 0. The molecule has 5 nitrogen and oxygen atoms in total. The quantitative estimate of drug-likeness (QED) is 0.772. The molecule has 1 aromatic carbocycles. The molecule has 2 N–H and O–H groups in total. The molecule has 0 saturated carbocycles. The van der Waals surface area contributed by atoms with E-state index in [2.05, 4.69) is 0 Å². The minimum atomic E-state index is -0.675. The fourth-order valence-electron chi connectivity index (χ4n) is 1.37. The molecule has 0 aliphatic carbocycles. The van der Waals surface area contributed by atoms with Gasteiger partial charge in [0, 0.05) is 5.56 Å². The van der Waals surface area contributed by atoms with E-state index >= 15 is 0 Å². The van der Waals surface area contributed by atoms with E-state index in [1.165, 1.54) is 33.3 Å². The average Bonchev–Trinajstić information content (AvgIpc) is 2.26. The lowest BCUT2D eigenvalue weighted by molar-refractivity contribution is 0.0973. The lowest BCUT2D eigenvalue weighted by atomic mass is 10.0. The second kappa shape index (κ2) is 4.65. The molecule has 0 aliphatic rings. The summed E-state index contributed by atoms with van der Waals surface area (Å²) in [6, 6.07) is 2.85. The molecule has 0 aromatic heterocycles. The fraction of sp³-hybridized carbons (Fsp3) is 0.273. The van der Waals surface area contributed by atoms with Crippen LogP contribution < -0.4 is 15.2 Å². The molecule has 0 saturated heterocycles. The summed E-state index contributed by atoms with van der Waals surface area (Å²) < 4.78 is 10.1. The smallest absolute Gasteiger partial charge is 0.249 e. The van der Waals surface area contributed by atoms with E-state index in [1.54, 1.807) is 0 Å². The third kappa shape index (κ3) is 2.13. The molecular formula is C11H13NO4. The fourth-order valence-corrected chi connectivity index (χ4v) is 1.37. The highest BCUT2D eigenvalue weighted by atomic mass is 16.5. The summed E-state index contributed by atoms with van der Waals surface area (Å²) in [4.78, 5) is 22.5. The van der Waals surface area contributed by atoms with Crippen molar-refractivity contribution < 1.29 is 19.1 Å². The summed E-state index contributed by atoms with van der Waals surface area (Å²) in [6.07, 6.45) is 0. The molecular weight excluding hydrogens is 210 g/mol. The largest absolute Gasteiger partial charge is 0.493 e. The van der Waals surface area contributed by atoms with E-state index in [1.807, 2.05) is 0 Å². The number of ether oxygens (including phenoxy) is 2. The molecule has 0 radical (unpaired) electrons. The van der Waals surface area contributed by atoms with Crippen LogP contribution >= 0.6 is 0 Å². The molecule has 0 fully saturated rings. The first-order valence-electron chi connectivity index (χ1n) is 4.58. The summed E-state index contributed by atoms with van der Waals surface area (Å²) in [6.45, 7) is 1.35. The van der Waals surface area contributed by atoms with Gasteiger partial charge in [-0.15, -0.1) is 0 Å². The van der Waals surface area contributed by atoms with Gasteiger partial charge in [0.15, 0.2) is 17.3 Å². The third-order valence-corrected chi connectivity index (χ3v) is 2.17. The summed E-state index contributed by atoms with van der Waals surface area (Å²) in [5.41, 5.74) is 5.54. The van der Waals surface area contributed by atoms with Crippen molar-refractivity contribution in [2.24, 2.45) is 5.73 Å². The Morgan fingerprint density at radius 2 is 1.50 bits per heavy atom. The van der Waals surface area contributed by atoms with Gasteiger partial charge in [-0.05, 0) is 19.1 Å². The minimum absolute atomic E-state index is 0.130. The highest BCUT2D eigenvalue weighted by Crippen LogP contribution is 2.30. The molecule has 1 aromatic rings. The van der Waals surface area contributed by atoms with Crippen molar-refractivity contribution in [1.29, 1.82) is 0 Å². The van der Waals surface area contributed by atoms with Crippen LogP contribution in [0.5, 0.6) is 11.5 Å². The number of nitrogens with two attached hydrogens (primary N) is 1. The number of carbonyl (C=O) groups is 2. The van der Waals surface area contributed by atoms with Gasteiger partial charge in [0.2, 0.25) is 5.91 Å². The number of hydrogen-bond donors (Lipinski definition) is 1. The number of hydrogen-bond acceptors (Lipinski definition) is 4. The van der Waals surface area contributed by atoms with E-state index in [0.717, 1.165) is 0 Å². The number of primary amides is 1. The van der Waals surface area contributed by atoms with Crippen molar-refractivity contribution in [2.45, 2.75) is 6.92 Å². The Bertz CT molecular complexity index is 399. The standard InChI is InChI=1S/C11H13NO4/c1-6(13)7-4-9(15-2)10(16-3)5-8(7)11(12)14/h4-5H,1-3H3,(H2,12,14). The Kier molecular flexibility index (Phi) is 3.50. The molecule has 1 rings (SSSR count). The van der Waals surface area contributed by atoms with Crippen molar-refractivity contribution >= 4 is 11.7 Å². The highest BCUT2D eigenvalue weighted by molar-refractivity contribution is 6.07. The van der Waals surface area contributed by atoms with E-state index < -0.39 is 5.91 Å². The first kappa shape index (κ1) is 12.0. The normalized spacial score (nSPS) is 9.69. The highest BCUT2D eigenvalue weighted by Gasteiger charge is 2.17. The number of carbonyl (C=O) groups excluding carboxylic acids is 2. The van der Waals surface area contributed by atoms with Crippen molar-refractivity contribution in [3.8, 4) is 11.5 Å². The Labute approximate surface area is 93.1 Å². The number of methoxy groups -OCH3 is 2. The van der Waals surface area contributed by atoms with Crippen LogP contribution in [0.3, 0.4) is 0 Å². The predicted molar refractivity (Wildman–Crippen MR) is 58.1 cm³/mol. The van der Waals surface area contributed by atoms with Crippen LogP contribution in [-0.2, 0) is 0 Å². The summed E-state index contributed by atoms with van der Waals surface area (Å²) in [7, 11) is 2.89. The topological polar surface area (TPSA) is 78.6 Å². The molecule has 0 heterocycles.